The number of methoxy groups -OCH3 is 3. The van der Waals surface area contributed by atoms with E-state index in [0.717, 1.165) is 11.3 Å². The van der Waals surface area contributed by atoms with Crippen LogP contribution in [0.15, 0.2) is 77.0 Å². The van der Waals surface area contributed by atoms with E-state index >= 15 is 0 Å². The molecule has 0 radical (unpaired) electrons. The van der Waals surface area contributed by atoms with Crippen molar-refractivity contribution in [1.29, 1.82) is 0 Å². The number of amides is 1. The Labute approximate surface area is 223 Å². The molecule has 0 aliphatic heterocycles. The fraction of sp³-hybridized carbons (Fsp3) is 0.154. The van der Waals surface area contributed by atoms with E-state index in [1.165, 1.54) is 32.2 Å². The number of rotatable bonds is 10. The first-order valence-corrected chi connectivity index (χ1v) is 12.4. The second-order valence-electron chi connectivity index (χ2n) is 7.52. The lowest BCUT2D eigenvalue weighted by atomic mass is 10.2. The maximum absolute atomic E-state index is 12.6. The van der Waals surface area contributed by atoms with Gasteiger partial charge in [-0.3, -0.25) is 9.36 Å². The first kappa shape index (κ1) is 26.1. The second kappa shape index (κ2) is 12.3. The molecule has 11 heteroatoms. The summed E-state index contributed by atoms with van der Waals surface area (Å²) < 4.78 is 17.9. The molecule has 0 fully saturated rings. The van der Waals surface area contributed by atoms with Crippen LogP contribution in [0.2, 0.25) is 5.02 Å². The number of hydrogen-bond donors (Lipinski definition) is 1. The number of thioether (sulfide) groups is 1. The zero-order valence-electron chi connectivity index (χ0n) is 20.3. The highest BCUT2D eigenvalue weighted by Crippen LogP contribution is 2.34. The average molecular weight is 538 g/mol. The Morgan fingerprint density at radius 3 is 2.32 bits per heavy atom. The monoisotopic (exact) mass is 537 g/mol. The molecule has 4 rings (SSSR count). The van der Waals surface area contributed by atoms with Crippen molar-refractivity contribution in [1.82, 2.24) is 20.2 Å². The maximum atomic E-state index is 12.6. The number of ether oxygens (including phenoxy) is 3. The largest absolute Gasteiger partial charge is 0.496 e. The summed E-state index contributed by atoms with van der Waals surface area (Å²) in [5.74, 6) is 1.98. The molecule has 1 aromatic heterocycles. The molecule has 190 valence electrons. The molecule has 0 atom stereocenters. The first-order chi connectivity index (χ1) is 18.0. The molecule has 37 heavy (non-hydrogen) atoms. The quantitative estimate of drug-likeness (QED) is 0.175. The molecule has 0 aliphatic rings. The van der Waals surface area contributed by atoms with Gasteiger partial charge in [0, 0.05) is 27.9 Å². The SMILES string of the molecule is COc1cc(OC)c(OC)cc1C=NNC(=O)CSc1nnc(-c2ccccc2)n1-c1ccc(Cl)cc1. The molecule has 0 saturated heterocycles. The van der Waals surface area contributed by atoms with Crippen molar-refractivity contribution in [3.8, 4) is 34.3 Å². The van der Waals surface area contributed by atoms with Crippen molar-refractivity contribution >= 4 is 35.5 Å². The van der Waals surface area contributed by atoms with Crippen LogP contribution in [0.5, 0.6) is 17.2 Å². The normalized spacial score (nSPS) is 10.9. The molecule has 0 spiro atoms. The predicted molar refractivity (Wildman–Crippen MR) is 144 cm³/mol. The van der Waals surface area contributed by atoms with Gasteiger partial charge in [0.05, 0.1) is 33.3 Å². The van der Waals surface area contributed by atoms with Gasteiger partial charge in [-0.05, 0) is 30.3 Å². The van der Waals surface area contributed by atoms with Crippen molar-refractivity contribution in [2.75, 3.05) is 27.1 Å². The van der Waals surface area contributed by atoms with Crippen molar-refractivity contribution < 1.29 is 19.0 Å². The van der Waals surface area contributed by atoms with Gasteiger partial charge in [0.2, 0.25) is 0 Å². The van der Waals surface area contributed by atoms with Gasteiger partial charge in [0.15, 0.2) is 22.5 Å². The lowest BCUT2D eigenvalue weighted by Crippen LogP contribution is -2.20. The lowest BCUT2D eigenvalue weighted by Gasteiger charge is -2.11. The van der Waals surface area contributed by atoms with Gasteiger partial charge in [0.1, 0.15) is 5.75 Å². The molecule has 1 heterocycles. The summed E-state index contributed by atoms with van der Waals surface area (Å²) in [6.45, 7) is 0. The molecular formula is C26H24ClN5O4S. The molecule has 9 nitrogen and oxygen atoms in total. The van der Waals surface area contributed by atoms with Crippen LogP contribution < -0.4 is 19.6 Å². The van der Waals surface area contributed by atoms with E-state index in [-0.39, 0.29) is 11.7 Å². The first-order valence-electron chi connectivity index (χ1n) is 11.1. The van der Waals surface area contributed by atoms with E-state index in [0.29, 0.717) is 38.8 Å². The fourth-order valence-electron chi connectivity index (χ4n) is 3.45. The fourth-order valence-corrected chi connectivity index (χ4v) is 4.32. The van der Waals surface area contributed by atoms with Crippen molar-refractivity contribution in [2.45, 2.75) is 5.16 Å². The van der Waals surface area contributed by atoms with E-state index in [1.807, 2.05) is 47.0 Å². The number of benzene rings is 3. The summed E-state index contributed by atoms with van der Waals surface area (Å²) in [6, 6.07) is 20.4. The topological polar surface area (TPSA) is 99.9 Å². The number of hydrogen-bond acceptors (Lipinski definition) is 8. The minimum absolute atomic E-state index is 0.0704. The third-order valence-corrected chi connectivity index (χ3v) is 6.39. The van der Waals surface area contributed by atoms with Crippen LogP contribution in [0, 0.1) is 0 Å². The molecular weight excluding hydrogens is 514 g/mol. The van der Waals surface area contributed by atoms with Crippen LogP contribution in [0.4, 0.5) is 0 Å². The number of hydrazone groups is 1. The highest BCUT2D eigenvalue weighted by atomic mass is 35.5. The number of nitrogens with one attached hydrogen (secondary N) is 1. The summed E-state index contributed by atoms with van der Waals surface area (Å²) in [5.41, 5.74) is 4.87. The highest BCUT2D eigenvalue weighted by Gasteiger charge is 2.17. The number of carbonyl (C=O) groups is 1. The predicted octanol–water partition coefficient (Wildman–Crippen LogP) is 4.86. The zero-order chi connectivity index (χ0) is 26.2. The van der Waals surface area contributed by atoms with Crippen LogP contribution in [-0.4, -0.2) is 54.0 Å². The third kappa shape index (κ3) is 6.22. The zero-order valence-corrected chi connectivity index (χ0v) is 21.9. The Bertz CT molecular complexity index is 1390. The molecule has 0 bridgehead atoms. The van der Waals surface area contributed by atoms with Gasteiger partial charge in [0.25, 0.3) is 5.91 Å². The molecule has 0 saturated carbocycles. The van der Waals surface area contributed by atoms with E-state index in [2.05, 4.69) is 20.7 Å². The van der Waals surface area contributed by atoms with Crippen LogP contribution in [0.3, 0.4) is 0 Å². The van der Waals surface area contributed by atoms with Crippen molar-refractivity contribution in [3.05, 3.63) is 77.3 Å². The van der Waals surface area contributed by atoms with Gasteiger partial charge in [-0.15, -0.1) is 10.2 Å². The second-order valence-corrected chi connectivity index (χ2v) is 8.89. The molecule has 0 aliphatic carbocycles. The Balaban J connectivity index is 1.49. The maximum Gasteiger partial charge on any atom is 0.250 e. The van der Waals surface area contributed by atoms with Gasteiger partial charge < -0.3 is 14.2 Å². The van der Waals surface area contributed by atoms with E-state index in [1.54, 1.807) is 31.4 Å². The van der Waals surface area contributed by atoms with E-state index in [4.69, 9.17) is 25.8 Å². The standard InChI is InChI=1S/C26H24ClN5O4S/c1-34-21-14-23(36-3)22(35-2)13-18(21)15-28-29-24(33)16-37-26-31-30-25(17-7-5-4-6-8-17)32(26)20-11-9-19(27)10-12-20/h4-15H,16H2,1-3H3,(H,29,33). The molecule has 1 N–H and O–H groups in total. The number of halogens is 1. The Morgan fingerprint density at radius 1 is 0.973 bits per heavy atom. The summed E-state index contributed by atoms with van der Waals surface area (Å²) in [4.78, 5) is 12.6. The van der Waals surface area contributed by atoms with Crippen LogP contribution in [-0.2, 0) is 4.79 Å². The van der Waals surface area contributed by atoms with Crippen LogP contribution in [0.25, 0.3) is 17.1 Å². The summed E-state index contributed by atoms with van der Waals surface area (Å²) in [5, 5.41) is 14.0. The molecule has 4 aromatic rings. The number of nitrogens with zero attached hydrogens (tertiary/aromatic N) is 4. The Hall–Kier alpha value is -4.02. The van der Waals surface area contributed by atoms with E-state index in [9.17, 15) is 4.79 Å². The smallest absolute Gasteiger partial charge is 0.250 e. The van der Waals surface area contributed by atoms with E-state index < -0.39 is 0 Å². The van der Waals surface area contributed by atoms with Crippen molar-refractivity contribution in [2.24, 2.45) is 5.10 Å². The lowest BCUT2D eigenvalue weighted by molar-refractivity contribution is -0.118. The van der Waals surface area contributed by atoms with Gasteiger partial charge >= 0.3 is 0 Å². The minimum Gasteiger partial charge on any atom is -0.496 e. The van der Waals surface area contributed by atoms with Crippen LogP contribution in [0.1, 0.15) is 5.56 Å². The number of carbonyl (C=O) groups excluding carboxylic acids is 1. The summed E-state index contributed by atoms with van der Waals surface area (Å²) in [6.07, 6.45) is 1.48. The minimum atomic E-state index is -0.312. The van der Waals surface area contributed by atoms with Crippen molar-refractivity contribution in [3.63, 3.8) is 0 Å². The molecule has 1 amide bonds. The van der Waals surface area contributed by atoms with Gasteiger partial charge in [-0.2, -0.15) is 5.10 Å². The summed E-state index contributed by atoms with van der Waals surface area (Å²) in [7, 11) is 4.62. The van der Waals surface area contributed by atoms with Gasteiger partial charge in [-0.1, -0.05) is 53.7 Å². The molecule has 3 aromatic carbocycles. The highest BCUT2D eigenvalue weighted by molar-refractivity contribution is 7.99. The number of aromatic nitrogens is 3. The van der Waals surface area contributed by atoms with Gasteiger partial charge in [-0.25, -0.2) is 5.43 Å². The Kier molecular flexibility index (Phi) is 8.65. The average Bonchev–Trinajstić information content (AvgIpc) is 3.36. The molecule has 0 unspecified atom stereocenters. The summed E-state index contributed by atoms with van der Waals surface area (Å²) >= 11 is 7.33. The third-order valence-electron chi connectivity index (χ3n) is 5.21. The van der Waals surface area contributed by atoms with Crippen LogP contribution >= 0.6 is 23.4 Å². The Morgan fingerprint density at radius 2 is 1.65 bits per heavy atom.